The average molecular weight is 477 g/mol. The molecule has 3 amide bonds. The number of ketones is 1. The quantitative estimate of drug-likeness (QED) is 0.325. The van der Waals surface area contributed by atoms with Gasteiger partial charge < -0.3 is 10.1 Å². The van der Waals surface area contributed by atoms with Crippen LogP contribution < -0.4 is 10.2 Å². The van der Waals surface area contributed by atoms with Crippen molar-refractivity contribution in [3.8, 4) is 0 Å². The second-order valence-corrected chi connectivity index (χ2v) is 7.88. The molecule has 0 atom stereocenters. The normalized spacial score (nSPS) is 12.4. The average Bonchev–Trinajstić information content (AvgIpc) is 3.08. The van der Waals surface area contributed by atoms with Gasteiger partial charge in [-0.3, -0.25) is 19.2 Å². The van der Waals surface area contributed by atoms with Crippen molar-refractivity contribution < 1.29 is 28.7 Å². The predicted octanol–water partition coefficient (Wildman–Crippen LogP) is 4.14. The van der Waals surface area contributed by atoms with E-state index in [1.54, 1.807) is 48.5 Å². The van der Waals surface area contributed by atoms with Crippen molar-refractivity contribution in [2.75, 3.05) is 16.8 Å². The van der Waals surface area contributed by atoms with Gasteiger partial charge in [-0.1, -0.05) is 11.6 Å². The molecule has 3 aromatic rings. The molecule has 0 unspecified atom stereocenters. The third-order valence-electron chi connectivity index (χ3n) is 5.12. The van der Waals surface area contributed by atoms with E-state index in [1.165, 1.54) is 25.1 Å². The number of halogens is 1. The molecule has 9 heteroatoms. The van der Waals surface area contributed by atoms with Gasteiger partial charge in [0, 0.05) is 16.3 Å². The molecule has 1 heterocycles. The zero-order valence-electron chi connectivity index (χ0n) is 17.8. The third-order valence-corrected chi connectivity index (χ3v) is 5.37. The minimum absolute atomic E-state index is 0.0245. The largest absolute Gasteiger partial charge is 0.452 e. The minimum atomic E-state index is -0.824. The van der Waals surface area contributed by atoms with E-state index in [9.17, 15) is 24.0 Å². The standard InChI is InChI=1S/C25H17ClN2O6/c1-14(29)15-2-7-18(8-3-15)27-22(30)13-34-25(33)16-4-11-20-21(12-16)24(32)28(23(20)31)19-9-5-17(26)6-10-19/h2-12H,13H2,1H3,(H,27,30). The highest BCUT2D eigenvalue weighted by atomic mass is 35.5. The van der Waals surface area contributed by atoms with Crippen LogP contribution in [0, 0.1) is 0 Å². The lowest BCUT2D eigenvalue weighted by atomic mass is 10.1. The van der Waals surface area contributed by atoms with Crippen LogP contribution in [0.2, 0.25) is 5.02 Å². The zero-order valence-corrected chi connectivity index (χ0v) is 18.6. The first-order valence-corrected chi connectivity index (χ1v) is 10.5. The minimum Gasteiger partial charge on any atom is -0.452 e. The Morgan fingerprint density at radius 3 is 2.12 bits per heavy atom. The number of fused-ring (bicyclic) bond motifs is 1. The molecule has 8 nitrogen and oxygen atoms in total. The summed E-state index contributed by atoms with van der Waals surface area (Å²) in [5, 5.41) is 3.02. The highest BCUT2D eigenvalue weighted by Crippen LogP contribution is 2.30. The van der Waals surface area contributed by atoms with E-state index in [0.29, 0.717) is 22.0 Å². The maximum atomic E-state index is 12.8. The molecule has 0 spiro atoms. The third kappa shape index (κ3) is 4.57. The van der Waals surface area contributed by atoms with Crippen molar-refractivity contribution >= 4 is 52.4 Å². The number of hydrogen-bond acceptors (Lipinski definition) is 6. The maximum Gasteiger partial charge on any atom is 0.338 e. The van der Waals surface area contributed by atoms with Gasteiger partial charge in [-0.05, 0) is 73.7 Å². The van der Waals surface area contributed by atoms with Crippen LogP contribution in [0.4, 0.5) is 11.4 Å². The summed E-state index contributed by atoms with van der Waals surface area (Å²) in [7, 11) is 0. The van der Waals surface area contributed by atoms with Gasteiger partial charge >= 0.3 is 5.97 Å². The summed E-state index contributed by atoms with van der Waals surface area (Å²) in [6, 6.07) is 16.5. The number of hydrogen-bond donors (Lipinski definition) is 1. The smallest absolute Gasteiger partial charge is 0.338 e. The molecule has 1 N–H and O–H groups in total. The Balaban J connectivity index is 1.41. The van der Waals surface area contributed by atoms with E-state index in [-0.39, 0.29) is 22.5 Å². The fourth-order valence-corrected chi connectivity index (χ4v) is 3.52. The van der Waals surface area contributed by atoms with E-state index in [1.807, 2.05) is 0 Å². The SMILES string of the molecule is CC(=O)c1ccc(NC(=O)COC(=O)c2ccc3c(c2)C(=O)N(c2ccc(Cl)cc2)C3=O)cc1. The van der Waals surface area contributed by atoms with Crippen LogP contribution in [0.5, 0.6) is 0 Å². The summed E-state index contributed by atoms with van der Waals surface area (Å²) in [5.41, 5.74) is 1.54. The second kappa shape index (κ2) is 9.29. The monoisotopic (exact) mass is 476 g/mol. The topological polar surface area (TPSA) is 110 Å². The molecule has 0 aromatic heterocycles. The van der Waals surface area contributed by atoms with E-state index in [0.717, 1.165) is 4.90 Å². The first kappa shape index (κ1) is 22.9. The van der Waals surface area contributed by atoms with E-state index in [4.69, 9.17) is 16.3 Å². The van der Waals surface area contributed by atoms with Crippen molar-refractivity contribution in [2.45, 2.75) is 6.92 Å². The van der Waals surface area contributed by atoms with Crippen LogP contribution in [0.25, 0.3) is 0 Å². The van der Waals surface area contributed by atoms with Crippen LogP contribution >= 0.6 is 11.6 Å². The first-order chi connectivity index (χ1) is 16.2. The number of nitrogens with one attached hydrogen (secondary N) is 1. The number of carbonyl (C=O) groups is 5. The number of benzene rings is 3. The van der Waals surface area contributed by atoms with Gasteiger partial charge in [0.2, 0.25) is 0 Å². The van der Waals surface area contributed by atoms with Crippen LogP contribution in [0.3, 0.4) is 0 Å². The molecule has 1 aliphatic heterocycles. The predicted molar refractivity (Wildman–Crippen MR) is 124 cm³/mol. The van der Waals surface area contributed by atoms with Crippen molar-refractivity contribution in [3.63, 3.8) is 0 Å². The highest BCUT2D eigenvalue weighted by molar-refractivity contribution is 6.35. The molecular formula is C25H17ClN2O6. The molecule has 0 aliphatic carbocycles. The van der Waals surface area contributed by atoms with E-state index < -0.39 is 30.3 Å². The van der Waals surface area contributed by atoms with Crippen LogP contribution in [0.1, 0.15) is 48.4 Å². The molecule has 0 radical (unpaired) electrons. The fourth-order valence-electron chi connectivity index (χ4n) is 3.39. The Morgan fingerprint density at radius 1 is 0.853 bits per heavy atom. The van der Waals surface area contributed by atoms with Crippen LogP contribution in [0.15, 0.2) is 66.7 Å². The molecule has 0 fully saturated rings. The van der Waals surface area contributed by atoms with Gasteiger partial charge in [-0.2, -0.15) is 0 Å². The summed E-state index contributed by atoms with van der Waals surface area (Å²) >= 11 is 5.87. The lowest BCUT2D eigenvalue weighted by molar-refractivity contribution is -0.119. The maximum absolute atomic E-state index is 12.8. The lowest BCUT2D eigenvalue weighted by Crippen LogP contribution is -2.29. The molecule has 170 valence electrons. The van der Waals surface area contributed by atoms with Crippen molar-refractivity contribution in [1.82, 2.24) is 0 Å². The number of ether oxygens (including phenoxy) is 1. The molecule has 1 aliphatic rings. The molecule has 3 aromatic carbocycles. The Bertz CT molecular complexity index is 1330. The van der Waals surface area contributed by atoms with Gasteiger partial charge in [0.15, 0.2) is 12.4 Å². The second-order valence-electron chi connectivity index (χ2n) is 7.44. The van der Waals surface area contributed by atoms with Gasteiger partial charge in [-0.15, -0.1) is 0 Å². The van der Waals surface area contributed by atoms with Gasteiger partial charge in [0.25, 0.3) is 17.7 Å². The first-order valence-electron chi connectivity index (χ1n) is 10.1. The van der Waals surface area contributed by atoms with E-state index in [2.05, 4.69) is 5.32 Å². The van der Waals surface area contributed by atoms with E-state index >= 15 is 0 Å². The number of anilines is 2. The molecule has 4 rings (SSSR count). The van der Waals surface area contributed by atoms with Crippen molar-refractivity contribution in [3.05, 3.63) is 94.0 Å². The summed E-state index contributed by atoms with van der Waals surface area (Å²) < 4.78 is 5.04. The summed E-state index contributed by atoms with van der Waals surface area (Å²) in [4.78, 5) is 62.4. The van der Waals surface area contributed by atoms with Gasteiger partial charge in [0.05, 0.1) is 22.4 Å². The Kier molecular flexibility index (Phi) is 6.25. The van der Waals surface area contributed by atoms with Crippen molar-refractivity contribution in [2.24, 2.45) is 0 Å². The van der Waals surface area contributed by atoms with Crippen LogP contribution in [-0.2, 0) is 9.53 Å². The Morgan fingerprint density at radius 2 is 1.47 bits per heavy atom. The summed E-state index contributed by atoms with van der Waals surface area (Å²) in [6.07, 6.45) is 0. The number of rotatable bonds is 6. The van der Waals surface area contributed by atoms with Crippen LogP contribution in [-0.4, -0.2) is 36.1 Å². The molecule has 0 bridgehead atoms. The Labute approximate surface area is 199 Å². The fraction of sp³-hybridized carbons (Fsp3) is 0.0800. The number of esters is 1. The number of nitrogens with zero attached hydrogens (tertiary/aromatic N) is 1. The number of amides is 3. The zero-order chi connectivity index (χ0) is 24.4. The molecule has 0 saturated heterocycles. The summed E-state index contributed by atoms with van der Waals surface area (Å²) in [6.45, 7) is 0.874. The lowest BCUT2D eigenvalue weighted by Gasteiger charge is -2.13. The highest BCUT2D eigenvalue weighted by Gasteiger charge is 2.37. The number of imide groups is 1. The van der Waals surface area contributed by atoms with Crippen molar-refractivity contribution in [1.29, 1.82) is 0 Å². The van der Waals surface area contributed by atoms with Gasteiger partial charge in [-0.25, -0.2) is 9.69 Å². The Hall–Kier alpha value is -4.30. The van der Waals surface area contributed by atoms with Gasteiger partial charge in [0.1, 0.15) is 0 Å². The number of Topliss-reactive ketones (excluding diaryl/α,β-unsaturated/α-hetero) is 1. The molecule has 34 heavy (non-hydrogen) atoms. The molecular weight excluding hydrogens is 460 g/mol. The number of carbonyl (C=O) groups excluding carboxylic acids is 5. The molecule has 0 saturated carbocycles. The summed E-state index contributed by atoms with van der Waals surface area (Å²) in [5.74, 6) is -2.60.